The molecule has 3 N–H and O–H groups in total. The van der Waals surface area contributed by atoms with Gasteiger partial charge in [-0.05, 0) is 69.0 Å². The van der Waals surface area contributed by atoms with Crippen LogP contribution in [0.5, 0.6) is 5.75 Å². The molecule has 0 spiro atoms. The molecule has 0 radical (unpaired) electrons. The highest BCUT2D eigenvalue weighted by Crippen LogP contribution is 2.34. The van der Waals surface area contributed by atoms with E-state index in [1.807, 2.05) is 68.6 Å². The Morgan fingerprint density at radius 2 is 1.91 bits per heavy atom. The molecule has 1 unspecified atom stereocenters. The predicted octanol–water partition coefficient (Wildman–Crippen LogP) is 5.86. The quantitative estimate of drug-likeness (QED) is 0.268. The van der Waals surface area contributed by atoms with Crippen LogP contribution in [0, 0.1) is 19.8 Å². The maximum Gasteiger partial charge on any atom is 0.229 e. The van der Waals surface area contributed by atoms with E-state index in [-0.39, 0.29) is 12.6 Å². The monoisotopic (exact) mass is 491 g/mol. The molecule has 0 bridgehead atoms. The summed E-state index contributed by atoms with van der Waals surface area (Å²) in [5.74, 6) is 2.31. The third-order valence-electron chi connectivity index (χ3n) is 6.32. The van der Waals surface area contributed by atoms with Crippen molar-refractivity contribution in [2.24, 2.45) is 10.9 Å². The van der Waals surface area contributed by atoms with E-state index in [9.17, 15) is 5.11 Å². The number of hydrogen-bond donors (Lipinski definition) is 3. The highest BCUT2D eigenvalue weighted by atomic mass is 32.2. The highest BCUT2D eigenvalue weighted by Gasteiger charge is 2.27. The Hall–Kier alpha value is -3.10. The zero-order chi connectivity index (χ0) is 24.8. The van der Waals surface area contributed by atoms with Gasteiger partial charge >= 0.3 is 0 Å². The summed E-state index contributed by atoms with van der Waals surface area (Å²) < 4.78 is 5.56. The fourth-order valence-corrected chi connectivity index (χ4v) is 5.11. The second-order valence-electron chi connectivity index (χ2n) is 8.79. The van der Waals surface area contributed by atoms with Crippen LogP contribution in [0.3, 0.4) is 0 Å². The van der Waals surface area contributed by atoms with Crippen molar-refractivity contribution in [2.75, 3.05) is 30.6 Å². The van der Waals surface area contributed by atoms with Gasteiger partial charge in [0.2, 0.25) is 5.95 Å². The van der Waals surface area contributed by atoms with Crippen molar-refractivity contribution in [3.05, 3.63) is 65.4 Å². The maximum atomic E-state index is 9.62. The predicted molar refractivity (Wildman–Crippen MR) is 146 cm³/mol. The lowest BCUT2D eigenvalue weighted by Gasteiger charge is -2.20. The molecule has 1 aliphatic rings. The molecule has 1 aromatic heterocycles. The lowest BCUT2D eigenvalue weighted by Crippen LogP contribution is -2.21. The van der Waals surface area contributed by atoms with Gasteiger partial charge in [0, 0.05) is 12.6 Å². The lowest BCUT2D eigenvalue weighted by molar-refractivity contribution is 0.229. The van der Waals surface area contributed by atoms with Gasteiger partial charge in [-0.1, -0.05) is 30.3 Å². The van der Waals surface area contributed by atoms with Crippen LogP contribution in [0.25, 0.3) is 0 Å². The van der Waals surface area contributed by atoms with Gasteiger partial charge in [0.25, 0.3) is 0 Å². The van der Waals surface area contributed by atoms with Crippen molar-refractivity contribution in [2.45, 2.75) is 39.2 Å². The summed E-state index contributed by atoms with van der Waals surface area (Å²) in [6.07, 6.45) is 4.93. The number of aliphatic hydroxyl groups excluding tert-OH is 1. The molecule has 184 valence electrons. The molecule has 0 aliphatic heterocycles. The van der Waals surface area contributed by atoms with E-state index in [2.05, 4.69) is 10.6 Å². The number of aromatic nitrogens is 2. The largest absolute Gasteiger partial charge is 0.495 e. The SMILES string of the molecule is COc1cccc(C)c1Nc1nc(C)c(C(=Nc2ccccc2)SC)c(N[C@H]2CCC(CO)C2)n1. The summed E-state index contributed by atoms with van der Waals surface area (Å²) in [7, 11) is 1.66. The van der Waals surface area contributed by atoms with Gasteiger partial charge in [0.05, 0.1) is 29.7 Å². The van der Waals surface area contributed by atoms with Gasteiger partial charge in [0.1, 0.15) is 16.6 Å². The first-order valence-corrected chi connectivity index (χ1v) is 13.1. The molecule has 0 amide bonds. The maximum absolute atomic E-state index is 9.62. The summed E-state index contributed by atoms with van der Waals surface area (Å²) in [6.45, 7) is 4.24. The van der Waals surface area contributed by atoms with E-state index in [1.54, 1.807) is 18.9 Å². The first-order chi connectivity index (χ1) is 17.0. The van der Waals surface area contributed by atoms with Gasteiger partial charge in [-0.2, -0.15) is 4.98 Å². The lowest BCUT2D eigenvalue weighted by atomic mass is 10.1. The molecule has 4 rings (SSSR count). The van der Waals surface area contributed by atoms with Gasteiger partial charge < -0.3 is 20.5 Å². The molecule has 1 heterocycles. The average Bonchev–Trinajstić information content (AvgIpc) is 3.32. The smallest absolute Gasteiger partial charge is 0.229 e. The molecule has 2 aromatic carbocycles. The van der Waals surface area contributed by atoms with E-state index in [0.717, 1.165) is 64.1 Å². The van der Waals surface area contributed by atoms with Crippen LogP contribution >= 0.6 is 11.8 Å². The van der Waals surface area contributed by atoms with Crippen LogP contribution in [-0.2, 0) is 0 Å². The van der Waals surface area contributed by atoms with Gasteiger partial charge in [-0.15, -0.1) is 11.8 Å². The number of rotatable bonds is 8. The minimum Gasteiger partial charge on any atom is -0.495 e. The van der Waals surface area contributed by atoms with Crippen LogP contribution in [0.15, 0.2) is 53.5 Å². The minimum absolute atomic E-state index is 0.221. The molecule has 7 nitrogen and oxygen atoms in total. The van der Waals surface area contributed by atoms with Crippen molar-refractivity contribution < 1.29 is 9.84 Å². The molecule has 1 saturated carbocycles. The van der Waals surface area contributed by atoms with Crippen molar-refractivity contribution in [3.63, 3.8) is 0 Å². The van der Waals surface area contributed by atoms with Crippen molar-refractivity contribution >= 4 is 39.9 Å². The molecular weight excluding hydrogens is 458 g/mol. The zero-order valence-electron chi connectivity index (χ0n) is 20.7. The van der Waals surface area contributed by atoms with Gasteiger partial charge in [0.15, 0.2) is 0 Å². The Labute approximate surface area is 211 Å². The van der Waals surface area contributed by atoms with E-state index >= 15 is 0 Å². The molecule has 35 heavy (non-hydrogen) atoms. The van der Waals surface area contributed by atoms with E-state index in [0.29, 0.717) is 11.9 Å². The van der Waals surface area contributed by atoms with Crippen LogP contribution in [0.1, 0.15) is 36.1 Å². The van der Waals surface area contributed by atoms with Crippen LogP contribution in [-0.4, -0.2) is 46.1 Å². The Kier molecular flexibility index (Phi) is 8.25. The van der Waals surface area contributed by atoms with Crippen molar-refractivity contribution in [1.82, 2.24) is 9.97 Å². The van der Waals surface area contributed by atoms with E-state index in [4.69, 9.17) is 19.7 Å². The van der Waals surface area contributed by atoms with Gasteiger partial charge in [-0.3, -0.25) is 0 Å². The molecular formula is C27H33N5O2S. The topological polar surface area (TPSA) is 91.7 Å². The molecule has 1 fully saturated rings. The Morgan fingerprint density at radius 1 is 1.11 bits per heavy atom. The number of hydrogen-bond acceptors (Lipinski definition) is 8. The van der Waals surface area contributed by atoms with E-state index < -0.39 is 0 Å². The number of ether oxygens (including phenoxy) is 1. The summed E-state index contributed by atoms with van der Waals surface area (Å²) >= 11 is 1.58. The number of aliphatic imine (C=N–C) groups is 1. The van der Waals surface area contributed by atoms with Gasteiger partial charge in [-0.25, -0.2) is 9.98 Å². The average molecular weight is 492 g/mol. The number of thioether (sulfide) groups is 1. The molecule has 2 atom stereocenters. The van der Waals surface area contributed by atoms with E-state index in [1.165, 1.54) is 0 Å². The number of anilines is 3. The van der Waals surface area contributed by atoms with Crippen LogP contribution < -0.4 is 15.4 Å². The Balaban J connectivity index is 1.76. The first kappa shape index (κ1) is 25.0. The normalized spacial score (nSPS) is 17.9. The second kappa shape index (κ2) is 11.6. The van der Waals surface area contributed by atoms with Crippen LogP contribution in [0.2, 0.25) is 0 Å². The number of nitrogens with one attached hydrogen (secondary N) is 2. The number of para-hydroxylation sites is 2. The summed E-state index contributed by atoms with van der Waals surface area (Å²) in [6, 6.07) is 16.1. The second-order valence-corrected chi connectivity index (χ2v) is 9.59. The number of nitrogens with zero attached hydrogens (tertiary/aromatic N) is 3. The highest BCUT2D eigenvalue weighted by molar-refractivity contribution is 8.13. The number of aryl methyl sites for hydroxylation is 2. The number of benzene rings is 2. The standard InChI is InChI=1S/C27H33N5O2S/c1-17-9-8-12-22(34-3)24(17)31-27-28-18(2)23(26(35-4)30-20-10-6-5-7-11-20)25(32-27)29-21-14-13-19(15-21)16-33/h5-12,19,21,33H,13-16H2,1-4H3,(H2,28,29,31,32)/t19?,21-/m0/s1. The molecule has 3 aromatic rings. The zero-order valence-corrected chi connectivity index (χ0v) is 21.5. The summed E-state index contributed by atoms with van der Waals surface area (Å²) in [5.41, 5.74) is 4.50. The number of methoxy groups -OCH3 is 1. The minimum atomic E-state index is 0.221. The Bertz CT molecular complexity index is 1190. The van der Waals surface area contributed by atoms with Crippen LogP contribution in [0.4, 0.5) is 23.1 Å². The fourth-order valence-electron chi connectivity index (χ4n) is 4.46. The third kappa shape index (κ3) is 5.94. The summed E-state index contributed by atoms with van der Waals surface area (Å²) in [5, 5.41) is 17.5. The van der Waals surface area contributed by atoms with Crippen molar-refractivity contribution in [1.29, 1.82) is 0 Å². The number of aliphatic hydroxyl groups is 1. The molecule has 8 heteroatoms. The fraction of sp³-hybridized carbons (Fsp3) is 0.370. The Morgan fingerprint density at radius 3 is 2.60 bits per heavy atom. The third-order valence-corrected chi connectivity index (χ3v) is 7.00. The molecule has 1 aliphatic carbocycles. The van der Waals surface area contributed by atoms with Crippen molar-refractivity contribution in [3.8, 4) is 5.75 Å². The molecule has 0 saturated heterocycles. The first-order valence-electron chi connectivity index (χ1n) is 11.9. The summed E-state index contributed by atoms with van der Waals surface area (Å²) in [4.78, 5) is 14.6.